The largest absolute Gasteiger partial charge is 0.494 e. The molecule has 0 aliphatic carbocycles. The van der Waals surface area contributed by atoms with Crippen LogP contribution >= 0.6 is 0 Å². The van der Waals surface area contributed by atoms with Crippen LogP contribution in [0.1, 0.15) is 44.0 Å². The molecule has 2 rings (SSSR count). The van der Waals surface area contributed by atoms with Crippen LogP contribution in [-0.4, -0.2) is 31.6 Å². The molecule has 2 N–H and O–H groups in total. The van der Waals surface area contributed by atoms with E-state index < -0.39 is 0 Å². The number of rotatable bonds is 11. The third-order valence-corrected chi connectivity index (χ3v) is 4.11. The Kier molecular flexibility index (Phi) is 9.02. The SMILES string of the molecule is CCCOC(=O)c1ccc(NC(=O)CNc2ccc(OCCC(C)C)cc2)cc1. The van der Waals surface area contributed by atoms with Crippen molar-refractivity contribution in [2.45, 2.75) is 33.6 Å². The van der Waals surface area contributed by atoms with E-state index in [9.17, 15) is 9.59 Å². The summed E-state index contributed by atoms with van der Waals surface area (Å²) in [5.41, 5.74) is 1.92. The summed E-state index contributed by atoms with van der Waals surface area (Å²) in [4.78, 5) is 23.9. The van der Waals surface area contributed by atoms with Gasteiger partial charge in [-0.05, 0) is 67.3 Å². The normalized spacial score (nSPS) is 10.5. The Morgan fingerprint density at radius 1 is 0.931 bits per heavy atom. The molecule has 6 heteroatoms. The number of ether oxygens (including phenoxy) is 2. The minimum absolute atomic E-state index is 0.133. The van der Waals surface area contributed by atoms with Crippen LogP contribution in [-0.2, 0) is 9.53 Å². The van der Waals surface area contributed by atoms with E-state index in [0.717, 1.165) is 24.3 Å². The summed E-state index contributed by atoms with van der Waals surface area (Å²) in [6, 6.07) is 14.2. The Labute approximate surface area is 172 Å². The third-order valence-electron chi connectivity index (χ3n) is 4.11. The maximum absolute atomic E-state index is 12.1. The number of carbonyl (C=O) groups is 2. The lowest BCUT2D eigenvalue weighted by atomic mass is 10.1. The topological polar surface area (TPSA) is 76.7 Å². The molecule has 0 bridgehead atoms. The van der Waals surface area contributed by atoms with E-state index >= 15 is 0 Å². The van der Waals surface area contributed by atoms with Gasteiger partial charge in [-0.2, -0.15) is 0 Å². The van der Waals surface area contributed by atoms with Crippen molar-refractivity contribution in [1.82, 2.24) is 0 Å². The molecule has 2 aromatic carbocycles. The zero-order valence-electron chi connectivity index (χ0n) is 17.4. The van der Waals surface area contributed by atoms with E-state index in [2.05, 4.69) is 24.5 Å². The maximum Gasteiger partial charge on any atom is 0.338 e. The summed E-state index contributed by atoms with van der Waals surface area (Å²) in [5, 5.41) is 5.87. The zero-order chi connectivity index (χ0) is 21.1. The predicted octanol–water partition coefficient (Wildman–Crippen LogP) is 4.73. The van der Waals surface area contributed by atoms with Crippen LogP contribution in [0.4, 0.5) is 11.4 Å². The summed E-state index contributed by atoms with van der Waals surface area (Å²) in [5.74, 6) is 0.894. The maximum atomic E-state index is 12.1. The minimum Gasteiger partial charge on any atom is -0.494 e. The van der Waals surface area contributed by atoms with Crippen LogP contribution < -0.4 is 15.4 Å². The molecule has 0 unspecified atom stereocenters. The average Bonchev–Trinajstić information content (AvgIpc) is 2.71. The van der Waals surface area contributed by atoms with Gasteiger partial charge in [-0.3, -0.25) is 4.79 Å². The fraction of sp³-hybridized carbons (Fsp3) is 0.391. The highest BCUT2D eigenvalue weighted by atomic mass is 16.5. The molecule has 2 aromatic rings. The number of esters is 1. The van der Waals surface area contributed by atoms with E-state index in [1.54, 1.807) is 24.3 Å². The fourth-order valence-corrected chi connectivity index (χ4v) is 2.44. The summed E-state index contributed by atoms with van der Waals surface area (Å²) < 4.78 is 10.8. The third kappa shape index (κ3) is 8.25. The Morgan fingerprint density at radius 2 is 1.59 bits per heavy atom. The Morgan fingerprint density at radius 3 is 2.21 bits per heavy atom. The number of hydrogen-bond acceptors (Lipinski definition) is 5. The van der Waals surface area contributed by atoms with Crippen LogP contribution in [0.3, 0.4) is 0 Å². The van der Waals surface area contributed by atoms with Gasteiger partial charge in [-0.25, -0.2) is 4.79 Å². The predicted molar refractivity (Wildman–Crippen MR) is 116 cm³/mol. The van der Waals surface area contributed by atoms with Crippen molar-refractivity contribution < 1.29 is 19.1 Å². The van der Waals surface area contributed by atoms with E-state index in [4.69, 9.17) is 9.47 Å². The molecule has 0 atom stereocenters. The number of nitrogens with one attached hydrogen (secondary N) is 2. The van der Waals surface area contributed by atoms with Crippen LogP contribution in [0.25, 0.3) is 0 Å². The zero-order valence-corrected chi connectivity index (χ0v) is 17.4. The molecule has 29 heavy (non-hydrogen) atoms. The molecule has 0 saturated carbocycles. The van der Waals surface area contributed by atoms with Gasteiger partial charge < -0.3 is 20.1 Å². The van der Waals surface area contributed by atoms with Gasteiger partial charge in [0.25, 0.3) is 0 Å². The van der Waals surface area contributed by atoms with Gasteiger partial charge in [0, 0.05) is 11.4 Å². The van der Waals surface area contributed by atoms with Gasteiger partial charge in [0.15, 0.2) is 0 Å². The van der Waals surface area contributed by atoms with Crippen molar-refractivity contribution in [2.75, 3.05) is 30.4 Å². The molecule has 0 spiro atoms. The highest BCUT2D eigenvalue weighted by molar-refractivity contribution is 5.95. The first-order valence-electron chi connectivity index (χ1n) is 10.0. The van der Waals surface area contributed by atoms with Gasteiger partial charge >= 0.3 is 5.97 Å². The first kappa shape index (κ1) is 22.3. The van der Waals surface area contributed by atoms with E-state index in [-0.39, 0.29) is 18.4 Å². The Balaban J connectivity index is 1.75. The highest BCUT2D eigenvalue weighted by Gasteiger charge is 2.08. The molecule has 0 aliphatic heterocycles. The lowest BCUT2D eigenvalue weighted by molar-refractivity contribution is -0.114. The van der Waals surface area contributed by atoms with Crippen LogP contribution in [0.5, 0.6) is 5.75 Å². The molecule has 0 radical (unpaired) electrons. The van der Waals surface area contributed by atoms with Crippen molar-refractivity contribution in [3.05, 3.63) is 54.1 Å². The van der Waals surface area contributed by atoms with Gasteiger partial charge in [0.2, 0.25) is 5.91 Å². The number of hydrogen-bond donors (Lipinski definition) is 2. The second-order valence-electron chi connectivity index (χ2n) is 7.17. The van der Waals surface area contributed by atoms with Gasteiger partial charge in [0.1, 0.15) is 5.75 Å². The van der Waals surface area contributed by atoms with Crippen molar-refractivity contribution >= 4 is 23.3 Å². The highest BCUT2D eigenvalue weighted by Crippen LogP contribution is 2.16. The smallest absolute Gasteiger partial charge is 0.338 e. The summed E-state index contributed by atoms with van der Waals surface area (Å²) in [7, 11) is 0. The molecule has 0 aliphatic rings. The molecule has 0 saturated heterocycles. The van der Waals surface area contributed by atoms with E-state index in [1.165, 1.54) is 0 Å². The van der Waals surface area contributed by atoms with Crippen molar-refractivity contribution in [2.24, 2.45) is 5.92 Å². The van der Waals surface area contributed by atoms with Crippen LogP contribution in [0.2, 0.25) is 0 Å². The molecule has 0 fully saturated rings. The molecular formula is C23H30N2O4. The monoisotopic (exact) mass is 398 g/mol. The molecule has 0 aromatic heterocycles. The van der Waals surface area contributed by atoms with E-state index in [0.29, 0.717) is 30.4 Å². The standard InChI is InChI=1S/C23H30N2O4/c1-4-14-29-23(27)18-5-7-20(8-6-18)25-22(26)16-24-19-9-11-21(12-10-19)28-15-13-17(2)3/h5-12,17,24H,4,13-16H2,1-3H3,(H,25,26). The first-order valence-corrected chi connectivity index (χ1v) is 10.0. The molecular weight excluding hydrogens is 368 g/mol. The minimum atomic E-state index is -0.358. The fourth-order valence-electron chi connectivity index (χ4n) is 2.44. The molecule has 156 valence electrons. The number of anilines is 2. The number of carbonyl (C=O) groups excluding carboxylic acids is 2. The second kappa shape index (κ2) is 11.7. The number of benzene rings is 2. The summed E-state index contributed by atoms with van der Waals surface area (Å²) in [6.07, 6.45) is 1.79. The first-order chi connectivity index (χ1) is 14.0. The van der Waals surface area contributed by atoms with Crippen molar-refractivity contribution in [3.63, 3.8) is 0 Å². The molecule has 0 heterocycles. The van der Waals surface area contributed by atoms with Crippen LogP contribution in [0, 0.1) is 5.92 Å². The lowest BCUT2D eigenvalue weighted by Gasteiger charge is -2.10. The quantitative estimate of drug-likeness (QED) is 0.535. The molecule has 1 amide bonds. The van der Waals surface area contributed by atoms with Crippen LogP contribution in [0.15, 0.2) is 48.5 Å². The van der Waals surface area contributed by atoms with Gasteiger partial charge in [-0.1, -0.05) is 20.8 Å². The summed E-state index contributed by atoms with van der Waals surface area (Å²) in [6.45, 7) is 7.49. The Bertz CT molecular complexity index is 770. The van der Waals surface area contributed by atoms with Gasteiger partial charge in [0.05, 0.1) is 25.3 Å². The van der Waals surface area contributed by atoms with Crippen molar-refractivity contribution in [1.29, 1.82) is 0 Å². The van der Waals surface area contributed by atoms with E-state index in [1.807, 2.05) is 31.2 Å². The lowest BCUT2D eigenvalue weighted by Crippen LogP contribution is -2.21. The Hall–Kier alpha value is -3.02. The summed E-state index contributed by atoms with van der Waals surface area (Å²) >= 11 is 0. The number of amides is 1. The molecule has 6 nitrogen and oxygen atoms in total. The second-order valence-corrected chi connectivity index (χ2v) is 7.17. The average molecular weight is 399 g/mol. The van der Waals surface area contributed by atoms with Gasteiger partial charge in [-0.15, -0.1) is 0 Å². The van der Waals surface area contributed by atoms with Crippen molar-refractivity contribution in [3.8, 4) is 5.75 Å².